The Bertz CT molecular complexity index is 691. The maximum Gasteiger partial charge on any atom is 0.271 e. The summed E-state index contributed by atoms with van der Waals surface area (Å²) < 4.78 is 28.6. The lowest BCUT2D eigenvalue weighted by Crippen LogP contribution is -2.12. The molecule has 2 rings (SSSR count). The van der Waals surface area contributed by atoms with Gasteiger partial charge in [0.05, 0.1) is 9.47 Å². The highest BCUT2D eigenvalue weighted by atomic mass is 79.9. The molecule has 1 aromatic carbocycles. The molecule has 0 saturated carbocycles. The molecule has 1 N–H and O–H groups in total. The van der Waals surface area contributed by atoms with E-state index in [4.69, 9.17) is 0 Å². The Morgan fingerprint density at radius 3 is 2.65 bits per heavy atom. The van der Waals surface area contributed by atoms with Crippen LogP contribution in [-0.4, -0.2) is 14.2 Å². The molecular weight excluding hydrogens is 378 g/mol. The lowest BCUT2D eigenvalue weighted by Gasteiger charge is -2.10. The van der Waals surface area contributed by atoms with Gasteiger partial charge in [0.2, 0.25) is 0 Å². The van der Waals surface area contributed by atoms with E-state index < -0.39 is 10.0 Å². The monoisotopic (exact) mass is 391 g/mol. The van der Waals surface area contributed by atoms with E-state index in [1.54, 1.807) is 23.9 Å². The van der Waals surface area contributed by atoms with E-state index in [0.29, 0.717) is 9.90 Å². The highest BCUT2D eigenvalue weighted by Crippen LogP contribution is 2.33. The van der Waals surface area contributed by atoms with E-state index in [0.717, 1.165) is 20.0 Å². The molecule has 0 bridgehead atoms. The molecule has 0 aliphatic heterocycles. The molecule has 0 unspecified atom stereocenters. The Kier molecular flexibility index (Phi) is 5.17. The van der Waals surface area contributed by atoms with Gasteiger partial charge in [-0.2, -0.15) is 0 Å². The molecule has 0 aliphatic rings. The van der Waals surface area contributed by atoms with Gasteiger partial charge in [0.15, 0.2) is 0 Å². The van der Waals surface area contributed by atoms with E-state index in [-0.39, 0.29) is 0 Å². The van der Waals surface area contributed by atoms with E-state index in [9.17, 15) is 8.42 Å². The van der Waals surface area contributed by atoms with Crippen molar-refractivity contribution in [2.24, 2.45) is 0 Å². The van der Waals surface area contributed by atoms with E-state index >= 15 is 0 Å². The van der Waals surface area contributed by atoms with Gasteiger partial charge in [0.25, 0.3) is 10.0 Å². The van der Waals surface area contributed by atoms with Crippen molar-refractivity contribution in [1.29, 1.82) is 0 Å². The quantitative estimate of drug-likeness (QED) is 0.749. The van der Waals surface area contributed by atoms with E-state index in [1.165, 1.54) is 11.3 Å². The average molecular weight is 392 g/mol. The van der Waals surface area contributed by atoms with Crippen molar-refractivity contribution in [2.75, 3.05) is 10.5 Å². The van der Waals surface area contributed by atoms with E-state index in [1.807, 2.05) is 32.0 Å². The molecule has 2 aromatic rings. The van der Waals surface area contributed by atoms with Crippen LogP contribution in [0.15, 0.2) is 43.2 Å². The van der Waals surface area contributed by atoms with Crippen LogP contribution < -0.4 is 4.72 Å². The first kappa shape index (κ1) is 15.9. The Hall–Kier alpha value is -0.500. The van der Waals surface area contributed by atoms with Crippen molar-refractivity contribution in [3.05, 3.63) is 39.7 Å². The van der Waals surface area contributed by atoms with Crippen LogP contribution in [0.1, 0.15) is 12.5 Å². The van der Waals surface area contributed by atoms with Crippen molar-refractivity contribution in [1.82, 2.24) is 0 Å². The third-order valence-corrected chi connectivity index (χ3v) is 7.46. The summed E-state index contributed by atoms with van der Waals surface area (Å²) in [6.45, 7) is 3.91. The summed E-state index contributed by atoms with van der Waals surface area (Å²) in [6, 6.07) is 9.11. The zero-order chi connectivity index (χ0) is 14.8. The molecule has 1 aromatic heterocycles. The Morgan fingerprint density at radius 2 is 2.05 bits per heavy atom. The summed E-state index contributed by atoms with van der Waals surface area (Å²) in [5.41, 5.74) is 1.55. The number of para-hydroxylation sites is 1. The minimum atomic E-state index is -3.53. The lowest BCUT2D eigenvalue weighted by molar-refractivity contribution is 0.603. The van der Waals surface area contributed by atoms with Crippen LogP contribution in [0.3, 0.4) is 0 Å². The summed E-state index contributed by atoms with van der Waals surface area (Å²) in [5.74, 6) is 0.891. The number of hydrogen-bond donors (Lipinski definition) is 1. The van der Waals surface area contributed by atoms with Gasteiger partial charge < -0.3 is 0 Å². The van der Waals surface area contributed by atoms with Crippen LogP contribution in [0.25, 0.3) is 0 Å². The summed E-state index contributed by atoms with van der Waals surface area (Å²) in [4.78, 5) is 0.936. The molecule has 0 amide bonds. The fourth-order valence-corrected chi connectivity index (χ4v) is 5.72. The number of nitrogens with one attached hydrogen (secondary N) is 1. The molecule has 0 radical (unpaired) electrons. The largest absolute Gasteiger partial charge is 0.278 e. The van der Waals surface area contributed by atoms with Gasteiger partial charge in [-0.1, -0.05) is 19.1 Å². The second-order valence-electron chi connectivity index (χ2n) is 4.06. The summed E-state index contributed by atoms with van der Waals surface area (Å²) in [5, 5.41) is 0. The fourth-order valence-electron chi connectivity index (χ4n) is 1.59. The average Bonchev–Trinajstić information content (AvgIpc) is 2.73. The number of sulfonamides is 1. The van der Waals surface area contributed by atoms with Crippen molar-refractivity contribution in [3.63, 3.8) is 0 Å². The molecule has 108 valence electrons. The number of anilines is 1. The zero-order valence-electron chi connectivity index (χ0n) is 11.0. The molecule has 20 heavy (non-hydrogen) atoms. The number of thiophene rings is 1. The molecular formula is C13H14BrNO2S3. The minimum Gasteiger partial charge on any atom is -0.278 e. The standard InChI is InChI=1S/C13H14BrNO2S3/c1-3-18-11-7-5-4-6-10(11)15-20(16,17)12-8-9(2)13(14)19-12/h4-8,15H,3H2,1-2H3. The maximum absolute atomic E-state index is 12.4. The molecule has 1 heterocycles. The third kappa shape index (κ3) is 3.58. The molecule has 0 atom stereocenters. The fraction of sp³-hybridized carbons (Fsp3) is 0.231. The summed E-state index contributed by atoms with van der Waals surface area (Å²) >= 11 is 6.19. The third-order valence-electron chi connectivity index (χ3n) is 2.53. The van der Waals surface area contributed by atoms with Gasteiger partial charge in [-0.05, 0) is 52.4 Å². The highest BCUT2D eigenvalue weighted by Gasteiger charge is 2.19. The van der Waals surface area contributed by atoms with Gasteiger partial charge in [-0.25, -0.2) is 8.42 Å². The first-order chi connectivity index (χ1) is 9.44. The number of halogens is 1. The van der Waals surface area contributed by atoms with Crippen LogP contribution >= 0.6 is 39.0 Å². The first-order valence-electron chi connectivity index (χ1n) is 5.94. The van der Waals surface area contributed by atoms with Gasteiger partial charge in [-0.3, -0.25) is 4.72 Å². The Labute approximate surface area is 136 Å². The van der Waals surface area contributed by atoms with Crippen molar-refractivity contribution in [2.45, 2.75) is 23.0 Å². The number of aryl methyl sites for hydroxylation is 1. The van der Waals surface area contributed by atoms with Crippen molar-refractivity contribution < 1.29 is 8.42 Å². The van der Waals surface area contributed by atoms with E-state index in [2.05, 4.69) is 20.7 Å². The molecule has 0 saturated heterocycles. The predicted molar refractivity (Wildman–Crippen MR) is 90.4 cm³/mol. The summed E-state index contributed by atoms with van der Waals surface area (Å²) in [7, 11) is -3.53. The SMILES string of the molecule is CCSc1ccccc1NS(=O)(=O)c1cc(C)c(Br)s1. The smallest absolute Gasteiger partial charge is 0.271 e. The lowest BCUT2D eigenvalue weighted by atomic mass is 10.3. The summed E-state index contributed by atoms with van der Waals surface area (Å²) in [6.07, 6.45) is 0. The first-order valence-corrected chi connectivity index (χ1v) is 10.0. The Morgan fingerprint density at radius 1 is 1.35 bits per heavy atom. The Balaban J connectivity index is 2.33. The molecule has 0 spiro atoms. The second kappa shape index (κ2) is 6.51. The van der Waals surface area contributed by atoms with Crippen LogP contribution in [0, 0.1) is 6.92 Å². The second-order valence-corrected chi connectivity index (χ2v) is 9.64. The maximum atomic E-state index is 12.4. The number of hydrogen-bond acceptors (Lipinski definition) is 4. The van der Waals surface area contributed by atoms with Crippen molar-refractivity contribution in [3.8, 4) is 0 Å². The molecule has 3 nitrogen and oxygen atoms in total. The van der Waals surface area contributed by atoms with Gasteiger partial charge in [0.1, 0.15) is 4.21 Å². The van der Waals surface area contributed by atoms with Gasteiger partial charge in [0, 0.05) is 4.90 Å². The van der Waals surface area contributed by atoms with Crippen LogP contribution in [0.2, 0.25) is 0 Å². The molecule has 0 aliphatic carbocycles. The van der Waals surface area contributed by atoms with Gasteiger partial charge >= 0.3 is 0 Å². The zero-order valence-corrected chi connectivity index (χ0v) is 15.0. The van der Waals surface area contributed by atoms with Crippen LogP contribution in [0.5, 0.6) is 0 Å². The minimum absolute atomic E-state index is 0.318. The van der Waals surface area contributed by atoms with Gasteiger partial charge in [-0.15, -0.1) is 23.1 Å². The number of rotatable bonds is 5. The highest BCUT2D eigenvalue weighted by molar-refractivity contribution is 9.11. The van der Waals surface area contributed by atoms with Crippen molar-refractivity contribution >= 4 is 54.7 Å². The van der Waals surface area contributed by atoms with Crippen LogP contribution in [0.4, 0.5) is 5.69 Å². The normalized spacial score (nSPS) is 11.6. The predicted octanol–water partition coefficient (Wildman–Crippen LogP) is 4.73. The topological polar surface area (TPSA) is 46.2 Å². The molecule has 0 fully saturated rings. The van der Waals surface area contributed by atoms with Crippen LogP contribution in [-0.2, 0) is 10.0 Å². The molecule has 7 heteroatoms. The number of benzene rings is 1. The number of thioether (sulfide) groups is 1.